The van der Waals surface area contributed by atoms with Crippen LogP contribution in [0.5, 0.6) is 0 Å². The van der Waals surface area contributed by atoms with E-state index in [9.17, 15) is 18.7 Å². The van der Waals surface area contributed by atoms with Gasteiger partial charge >= 0.3 is 5.97 Å². The number of halogens is 2. The molecule has 2 aromatic carbocycles. The molecule has 0 heterocycles. The van der Waals surface area contributed by atoms with E-state index < -0.39 is 23.1 Å². The smallest absolute Gasteiger partial charge is 0.329 e. The fraction of sp³-hybridized carbons (Fsp3) is 0.133. The van der Waals surface area contributed by atoms with Gasteiger partial charge in [0.2, 0.25) is 0 Å². The van der Waals surface area contributed by atoms with Crippen molar-refractivity contribution in [2.75, 3.05) is 5.75 Å². The second-order valence-corrected chi connectivity index (χ2v) is 5.52. The molecule has 6 heteroatoms. The molecule has 0 spiro atoms. The van der Waals surface area contributed by atoms with E-state index in [4.69, 9.17) is 5.73 Å². The molecule has 0 saturated carbocycles. The maximum Gasteiger partial charge on any atom is 0.329 e. The monoisotopic (exact) mass is 309 g/mol. The third-order valence-corrected chi connectivity index (χ3v) is 4.26. The van der Waals surface area contributed by atoms with E-state index >= 15 is 0 Å². The summed E-state index contributed by atoms with van der Waals surface area (Å²) in [4.78, 5) is 11.6. The van der Waals surface area contributed by atoms with Crippen molar-refractivity contribution in [3.63, 3.8) is 0 Å². The Hall–Kier alpha value is -1.92. The maximum atomic E-state index is 13.6. The standard InChI is InChI=1S/C15H13F2NO2S/c16-11-6-7-13(12(17)8-11)21-9-15(18,14(19)20)10-4-2-1-3-5-10/h1-8H,9,18H2,(H,19,20). The first-order valence-electron chi connectivity index (χ1n) is 6.09. The summed E-state index contributed by atoms with van der Waals surface area (Å²) in [6, 6.07) is 11.5. The molecule has 0 saturated heterocycles. The summed E-state index contributed by atoms with van der Waals surface area (Å²) in [6.45, 7) is 0. The zero-order valence-corrected chi connectivity index (χ0v) is 11.7. The quantitative estimate of drug-likeness (QED) is 0.834. The number of hydrogen-bond donors (Lipinski definition) is 2. The Labute approximate surface area is 124 Å². The Morgan fingerprint density at radius 2 is 1.86 bits per heavy atom. The van der Waals surface area contributed by atoms with Crippen LogP contribution in [-0.4, -0.2) is 16.8 Å². The highest BCUT2D eigenvalue weighted by molar-refractivity contribution is 7.99. The molecule has 21 heavy (non-hydrogen) atoms. The van der Waals surface area contributed by atoms with Gasteiger partial charge in [-0.05, 0) is 17.7 Å². The van der Waals surface area contributed by atoms with Crippen LogP contribution in [0.1, 0.15) is 5.56 Å². The molecule has 0 bridgehead atoms. The summed E-state index contributed by atoms with van der Waals surface area (Å²) in [5.74, 6) is -2.70. The molecular formula is C15H13F2NO2S. The van der Waals surface area contributed by atoms with Crippen molar-refractivity contribution in [2.24, 2.45) is 5.73 Å². The molecule has 2 aromatic rings. The molecule has 110 valence electrons. The Morgan fingerprint density at radius 1 is 1.19 bits per heavy atom. The highest BCUT2D eigenvalue weighted by atomic mass is 32.2. The number of thioether (sulfide) groups is 1. The van der Waals surface area contributed by atoms with Gasteiger partial charge in [-0.25, -0.2) is 13.6 Å². The Balaban J connectivity index is 2.23. The van der Waals surface area contributed by atoms with E-state index in [1.165, 1.54) is 6.07 Å². The lowest BCUT2D eigenvalue weighted by molar-refractivity contribution is -0.142. The number of carbonyl (C=O) groups is 1. The number of carboxylic acids is 1. The Morgan fingerprint density at radius 3 is 2.43 bits per heavy atom. The molecule has 0 fully saturated rings. The van der Waals surface area contributed by atoms with Gasteiger partial charge in [-0.1, -0.05) is 30.3 Å². The molecule has 0 aliphatic heterocycles. The van der Waals surface area contributed by atoms with Gasteiger partial charge in [0.1, 0.15) is 17.2 Å². The van der Waals surface area contributed by atoms with E-state index in [2.05, 4.69) is 0 Å². The van der Waals surface area contributed by atoms with Gasteiger partial charge in [-0.15, -0.1) is 11.8 Å². The summed E-state index contributed by atoms with van der Waals surface area (Å²) >= 11 is 0.938. The van der Waals surface area contributed by atoms with Crippen LogP contribution in [0.4, 0.5) is 8.78 Å². The van der Waals surface area contributed by atoms with Crippen LogP contribution in [0.25, 0.3) is 0 Å². The van der Waals surface area contributed by atoms with Crippen LogP contribution in [0.3, 0.4) is 0 Å². The van der Waals surface area contributed by atoms with Crippen molar-refractivity contribution in [3.05, 3.63) is 65.7 Å². The zero-order valence-electron chi connectivity index (χ0n) is 10.9. The first-order valence-corrected chi connectivity index (χ1v) is 7.08. The number of nitrogens with two attached hydrogens (primary N) is 1. The lowest BCUT2D eigenvalue weighted by atomic mass is 9.93. The maximum absolute atomic E-state index is 13.6. The predicted molar refractivity (Wildman–Crippen MR) is 77.0 cm³/mol. The minimum Gasteiger partial charge on any atom is -0.480 e. The highest BCUT2D eigenvalue weighted by Crippen LogP contribution is 2.30. The lowest BCUT2D eigenvalue weighted by Gasteiger charge is -2.24. The Kier molecular flexibility index (Phi) is 4.59. The number of rotatable bonds is 5. The summed E-state index contributed by atoms with van der Waals surface area (Å²) < 4.78 is 26.4. The zero-order chi connectivity index (χ0) is 15.5. The van der Waals surface area contributed by atoms with Crippen molar-refractivity contribution in [1.82, 2.24) is 0 Å². The van der Waals surface area contributed by atoms with Crippen LogP contribution < -0.4 is 5.73 Å². The third-order valence-electron chi connectivity index (χ3n) is 3.02. The van der Waals surface area contributed by atoms with E-state index in [1.54, 1.807) is 30.3 Å². The molecule has 2 rings (SSSR count). The van der Waals surface area contributed by atoms with E-state index in [0.29, 0.717) is 5.56 Å². The van der Waals surface area contributed by atoms with E-state index in [-0.39, 0.29) is 10.6 Å². The molecule has 1 unspecified atom stereocenters. The van der Waals surface area contributed by atoms with E-state index in [1.807, 2.05) is 0 Å². The third kappa shape index (κ3) is 3.40. The van der Waals surface area contributed by atoms with Gasteiger partial charge in [0.15, 0.2) is 0 Å². The molecule has 0 aliphatic carbocycles. The molecule has 3 nitrogen and oxygen atoms in total. The minimum absolute atomic E-state index is 0.0745. The molecule has 0 aromatic heterocycles. The van der Waals surface area contributed by atoms with Crippen molar-refractivity contribution in [3.8, 4) is 0 Å². The fourth-order valence-corrected chi connectivity index (χ4v) is 2.82. The van der Waals surface area contributed by atoms with Crippen molar-refractivity contribution < 1.29 is 18.7 Å². The second-order valence-electron chi connectivity index (χ2n) is 4.51. The SMILES string of the molecule is NC(CSc1ccc(F)cc1F)(C(=O)O)c1ccccc1. The first kappa shape index (κ1) is 15.5. The van der Waals surface area contributed by atoms with Gasteiger partial charge in [0, 0.05) is 16.7 Å². The average Bonchev–Trinajstić information content (AvgIpc) is 2.46. The lowest BCUT2D eigenvalue weighted by Crippen LogP contribution is -2.47. The molecular weight excluding hydrogens is 296 g/mol. The van der Waals surface area contributed by atoms with Crippen LogP contribution in [-0.2, 0) is 10.3 Å². The fourth-order valence-electron chi connectivity index (χ4n) is 1.79. The number of hydrogen-bond acceptors (Lipinski definition) is 3. The predicted octanol–water partition coefficient (Wildman–Crippen LogP) is 3.00. The van der Waals surface area contributed by atoms with Gasteiger partial charge < -0.3 is 10.8 Å². The summed E-state index contributed by atoms with van der Waals surface area (Å²) in [7, 11) is 0. The van der Waals surface area contributed by atoms with Crippen molar-refractivity contribution in [1.29, 1.82) is 0 Å². The average molecular weight is 309 g/mol. The molecule has 0 aliphatic rings. The topological polar surface area (TPSA) is 63.3 Å². The van der Waals surface area contributed by atoms with E-state index in [0.717, 1.165) is 23.9 Å². The van der Waals surface area contributed by atoms with Gasteiger partial charge in [-0.3, -0.25) is 0 Å². The minimum atomic E-state index is -1.65. The highest BCUT2D eigenvalue weighted by Gasteiger charge is 2.36. The molecule has 1 atom stereocenters. The van der Waals surface area contributed by atoms with Crippen molar-refractivity contribution >= 4 is 17.7 Å². The number of benzene rings is 2. The number of aliphatic carboxylic acids is 1. The van der Waals surface area contributed by atoms with Gasteiger partial charge in [-0.2, -0.15) is 0 Å². The van der Waals surface area contributed by atoms with Crippen LogP contribution in [0.15, 0.2) is 53.4 Å². The van der Waals surface area contributed by atoms with Crippen molar-refractivity contribution in [2.45, 2.75) is 10.4 Å². The van der Waals surface area contributed by atoms with Crippen LogP contribution in [0, 0.1) is 11.6 Å². The summed E-state index contributed by atoms with van der Waals surface area (Å²) in [5.41, 5.74) is 4.75. The molecule has 0 radical (unpaired) electrons. The summed E-state index contributed by atoms with van der Waals surface area (Å²) in [6.07, 6.45) is 0. The largest absolute Gasteiger partial charge is 0.480 e. The van der Waals surface area contributed by atoms with Crippen LogP contribution >= 0.6 is 11.8 Å². The molecule has 3 N–H and O–H groups in total. The first-order chi connectivity index (χ1) is 9.93. The van der Waals surface area contributed by atoms with Crippen LogP contribution in [0.2, 0.25) is 0 Å². The molecule has 0 amide bonds. The summed E-state index contributed by atoms with van der Waals surface area (Å²) in [5, 5.41) is 9.39. The van der Waals surface area contributed by atoms with Gasteiger partial charge in [0.05, 0.1) is 0 Å². The normalized spacial score (nSPS) is 13.7. The van der Waals surface area contributed by atoms with Gasteiger partial charge in [0.25, 0.3) is 0 Å². The number of carboxylic acid groups (broad SMARTS) is 1. The Bertz CT molecular complexity index is 651. The second kappa shape index (κ2) is 6.24.